The van der Waals surface area contributed by atoms with Crippen LogP contribution in [0.1, 0.15) is 40.0 Å². The van der Waals surface area contributed by atoms with Crippen molar-refractivity contribution in [1.29, 1.82) is 0 Å². The zero-order chi connectivity index (χ0) is 14.7. The Hall–Kier alpha value is -0.860. The number of amides is 1. The number of carbonyl (C=O) groups is 1. The Morgan fingerprint density at radius 3 is 2.58 bits per heavy atom. The molecule has 0 radical (unpaired) electrons. The normalized spacial score (nSPS) is 21.3. The maximum atomic E-state index is 12.0. The predicted octanol–water partition coefficient (Wildman–Crippen LogP) is 0.569. The molecule has 19 heavy (non-hydrogen) atoms. The molecule has 112 valence electrons. The van der Waals surface area contributed by atoms with Crippen molar-refractivity contribution in [3.05, 3.63) is 0 Å². The molecule has 0 aromatic heterocycles. The number of likely N-dealkylation sites (tertiary alicyclic amines) is 1. The summed E-state index contributed by atoms with van der Waals surface area (Å²) in [6, 6.07) is -0.207. The molecule has 7 nitrogen and oxygen atoms in total. The minimum Gasteiger partial charge on any atom is -0.444 e. The topological polar surface area (TPSA) is 102 Å². The van der Waals surface area contributed by atoms with Gasteiger partial charge in [0.2, 0.25) is 0 Å². The van der Waals surface area contributed by atoms with E-state index in [4.69, 9.17) is 9.88 Å². The smallest absolute Gasteiger partial charge is 0.410 e. The van der Waals surface area contributed by atoms with Crippen LogP contribution in [0.4, 0.5) is 4.79 Å². The van der Waals surface area contributed by atoms with Gasteiger partial charge < -0.3 is 9.64 Å². The Labute approximate surface area is 114 Å². The summed E-state index contributed by atoms with van der Waals surface area (Å²) in [6.07, 6.45) is 2.18. The van der Waals surface area contributed by atoms with Gasteiger partial charge in [-0.2, -0.15) is 8.42 Å². The zero-order valence-corrected chi connectivity index (χ0v) is 12.5. The predicted molar refractivity (Wildman–Crippen MR) is 71.7 cm³/mol. The van der Waals surface area contributed by atoms with Gasteiger partial charge in [-0.15, -0.1) is 0 Å². The largest absolute Gasteiger partial charge is 0.444 e. The molecule has 1 aliphatic rings. The molecule has 0 aromatic carbocycles. The van der Waals surface area contributed by atoms with E-state index in [0.717, 1.165) is 19.3 Å². The van der Waals surface area contributed by atoms with Crippen molar-refractivity contribution in [2.45, 2.75) is 51.7 Å². The van der Waals surface area contributed by atoms with Crippen molar-refractivity contribution in [3.63, 3.8) is 0 Å². The first-order valence-electron chi connectivity index (χ1n) is 6.35. The van der Waals surface area contributed by atoms with Crippen LogP contribution in [0.25, 0.3) is 0 Å². The molecule has 0 aliphatic carbocycles. The highest BCUT2D eigenvalue weighted by atomic mass is 32.2. The van der Waals surface area contributed by atoms with Gasteiger partial charge in [0.15, 0.2) is 0 Å². The molecule has 1 aliphatic heterocycles. The highest BCUT2D eigenvalue weighted by molar-refractivity contribution is 7.87. The van der Waals surface area contributed by atoms with Crippen molar-refractivity contribution >= 4 is 16.3 Å². The lowest BCUT2D eigenvalue weighted by molar-refractivity contribution is 0.0105. The van der Waals surface area contributed by atoms with Gasteiger partial charge in [0.1, 0.15) is 5.60 Å². The molecule has 0 aromatic rings. The minimum absolute atomic E-state index is 0.123. The van der Waals surface area contributed by atoms with Gasteiger partial charge in [0.05, 0.1) is 0 Å². The summed E-state index contributed by atoms with van der Waals surface area (Å²) in [5, 5.41) is 4.90. The second-order valence-corrected chi connectivity index (χ2v) is 7.10. The maximum Gasteiger partial charge on any atom is 0.410 e. The summed E-state index contributed by atoms with van der Waals surface area (Å²) in [6.45, 7) is 6.09. The van der Waals surface area contributed by atoms with Crippen LogP contribution in [-0.4, -0.2) is 44.1 Å². The molecule has 1 atom stereocenters. The Morgan fingerprint density at radius 2 is 2.05 bits per heavy atom. The number of rotatable bonds is 3. The van der Waals surface area contributed by atoms with E-state index in [1.807, 2.05) is 0 Å². The molecule has 3 N–H and O–H groups in total. The van der Waals surface area contributed by atoms with Gasteiger partial charge in [-0.1, -0.05) is 0 Å². The number of ether oxygens (including phenoxy) is 1. The number of piperidine rings is 1. The fourth-order valence-electron chi connectivity index (χ4n) is 1.99. The summed E-state index contributed by atoms with van der Waals surface area (Å²) >= 11 is 0. The number of hydrogen-bond donors (Lipinski definition) is 2. The number of nitrogens with zero attached hydrogens (tertiary/aromatic N) is 1. The van der Waals surface area contributed by atoms with Gasteiger partial charge in [0.25, 0.3) is 10.2 Å². The van der Waals surface area contributed by atoms with E-state index >= 15 is 0 Å². The van der Waals surface area contributed by atoms with Crippen molar-refractivity contribution in [1.82, 2.24) is 9.62 Å². The highest BCUT2D eigenvalue weighted by Crippen LogP contribution is 2.20. The first-order valence-corrected chi connectivity index (χ1v) is 7.90. The van der Waals surface area contributed by atoms with E-state index < -0.39 is 21.9 Å². The molecule has 1 heterocycles. The van der Waals surface area contributed by atoms with Crippen LogP contribution < -0.4 is 9.86 Å². The lowest BCUT2D eigenvalue weighted by Gasteiger charge is -2.36. The molecular weight excluding hydrogens is 270 g/mol. The van der Waals surface area contributed by atoms with Crippen molar-refractivity contribution in [3.8, 4) is 0 Å². The van der Waals surface area contributed by atoms with Crippen LogP contribution in [-0.2, 0) is 14.9 Å². The second-order valence-electron chi connectivity index (χ2n) is 5.72. The maximum absolute atomic E-state index is 12.0. The molecule has 8 heteroatoms. The second kappa shape index (κ2) is 6.06. The average Bonchev–Trinajstić information content (AvgIpc) is 2.23. The molecule has 1 saturated heterocycles. The van der Waals surface area contributed by atoms with E-state index in [1.165, 1.54) is 0 Å². The summed E-state index contributed by atoms with van der Waals surface area (Å²) in [7, 11) is -3.74. The van der Waals surface area contributed by atoms with Gasteiger partial charge in [0, 0.05) is 19.1 Å². The molecule has 0 bridgehead atoms. The quantitative estimate of drug-likeness (QED) is 0.794. The SMILES string of the molecule is CC(C)(C)OC(=O)N1CCCCC1CNS(N)(=O)=O. The average molecular weight is 293 g/mol. The number of nitrogens with one attached hydrogen (secondary N) is 1. The summed E-state index contributed by atoms with van der Waals surface area (Å²) < 4.78 is 29.4. The summed E-state index contributed by atoms with van der Waals surface area (Å²) in [4.78, 5) is 13.6. The monoisotopic (exact) mass is 293 g/mol. The van der Waals surface area contributed by atoms with Gasteiger partial charge in [-0.05, 0) is 40.0 Å². The summed E-state index contributed by atoms with van der Waals surface area (Å²) in [5.41, 5.74) is -0.563. The fourth-order valence-corrected chi connectivity index (χ4v) is 2.41. The lowest BCUT2D eigenvalue weighted by atomic mass is 10.0. The number of nitrogens with two attached hydrogens (primary N) is 1. The highest BCUT2D eigenvalue weighted by Gasteiger charge is 2.30. The molecular formula is C11H23N3O4S. The van der Waals surface area contributed by atoms with Crippen LogP contribution in [0.3, 0.4) is 0 Å². The lowest BCUT2D eigenvalue weighted by Crippen LogP contribution is -2.51. The molecule has 1 fully saturated rings. The van der Waals surface area contributed by atoms with E-state index in [9.17, 15) is 13.2 Å². The van der Waals surface area contributed by atoms with E-state index in [0.29, 0.717) is 6.54 Å². The molecule has 1 unspecified atom stereocenters. The Kier molecular flexibility index (Phi) is 5.17. The van der Waals surface area contributed by atoms with Gasteiger partial charge in [-0.3, -0.25) is 0 Å². The van der Waals surface area contributed by atoms with E-state index in [1.54, 1.807) is 25.7 Å². The van der Waals surface area contributed by atoms with Crippen molar-refractivity contribution in [2.24, 2.45) is 5.14 Å². The summed E-state index contributed by atoms with van der Waals surface area (Å²) in [5.74, 6) is 0. The Bertz CT molecular complexity index is 416. The van der Waals surface area contributed by atoms with Crippen LogP contribution in [0.15, 0.2) is 0 Å². The van der Waals surface area contributed by atoms with Crippen molar-refractivity contribution < 1.29 is 17.9 Å². The molecule has 0 saturated carbocycles. The first kappa shape index (κ1) is 16.2. The number of hydrogen-bond acceptors (Lipinski definition) is 4. The third-order valence-electron chi connectivity index (χ3n) is 2.78. The van der Waals surface area contributed by atoms with E-state index in [2.05, 4.69) is 4.72 Å². The van der Waals surface area contributed by atoms with Gasteiger partial charge >= 0.3 is 6.09 Å². The van der Waals surface area contributed by atoms with E-state index in [-0.39, 0.29) is 12.6 Å². The molecule has 0 spiro atoms. The van der Waals surface area contributed by atoms with Crippen LogP contribution >= 0.6 is 0 Å². The van der Waals surface area contributed by atoms with Gasteiger partial charge in [-0.25, -0.2) is 14.7 Å². The zero-order valence-electron chi connectivity index (χ0n) is 11.7. The molecule has 1 rings (SSSR count). The third kappa shape index (κ3) is 6.22. The van der Waals surface area contributed by atoms with Crippen LogP contribution in [0.5, 0.6) is 0 Å². The fraction of sp³-hybridized carbons (Fsp3) is 0.909. The number of carbonyl (C=O) groups excluding carboxylic acids is 1. The first-order chi connectivity index (χ1) is 8.58. The third-order valence-corrected chi connectivity index (χ3v) is 3.34. The van der Waals surface area contributed by atoms with Crippen LogP contribution in [0, 0.1) is 0 Å². The standard InChI is InChI=1S/C11H23N3O4S/c1-11(2,3)18-10(15)14-7-5-4-6-9(14)8-13-19(12,16)17/h9,13H,4-8H2,1-3H3,(H2,12,16,17). The Balaban J connectivity index is 2.64. The van der Waals surface area contributed by atoms with Crippen LogP contribution in [0.2, 0.25) is 0 Å². The van der Waals surface area contributed by atoms with Crippen molar-refractivity contribution in [2.75, 3.05) is 13.1 Å². The molecule has 1 amide bonds. The minimum atomic E-state index is -3.74. The Morgan fingerprint density at radius 1 is 1.42 bits per heavy atom.